The number of benzene rings is 1. The van der Waals surface area contributed by atoms with E-state index < -0.39 is 0 Å². The molecule has 1 atom stereocenters. The van der Waals surface area contributed by atoms with E-state index in [4.69, 9.17) is 20.5 Å². The Bertz CT molecular complexity index is 422. The molecular weight excluding hydrogens is 218 g/mol. The molecule has 2 rings (SSSR count). The van der Waals surface area contributed by atoms with Crippen LogP contribution in [-0.2, 0) is 9.47 Å². The van der Waals surface area contributed by atoms with Crippen molar-refractivity contribution in [1.82, 2.24) is 0 Å². The van der Waals surface area contributed by atoms with Crippen LogP contribution in [-0.4, -0.2) is 32.5 Å². The lowest BCUT2D eigenvalue weighted by Crippen LogP contribution is -2.34. The first-order valence-corrected chi connectivity index (χ1v) is 5.52. The van der Waals surface area contributed by atoms with E-state index in [9.17, 15) is 0 Å². The normalized spacial score (nSPS) is 19.6. The highest BCUT2D eigenvalue weighted by atomic mass is 16.6. The standard InChI is InChI=1S/C12H15N3O2/c13-6-9-1-2-10(5-12(9)14)15-7-11-8-16-3-4-17-11/h1-2,5,11,15H,3-4,7-8,14H2. The van der Waals surface area contributed by atoms with Crippen LogP contribution in [0.1, 0.15) is 5.56 Å². The lowest BCUT2D eigenvalue weighted by atomic mass is 10.2. The van der Waals surface area contributed by atoms with Crippen molar-refractivity contribution < 1.29 is 9.47 Å². The summed E-state index contributed by atoms with van der Waals surface area (Å²) in [7, 11) is 0. The summed E-state index contributed by atoms with van der Waals surface area (Å²) in [4.78, 5) is 0. The van der Waals surface area contributed by atoms with Crippen LogP contribution in [0.15, 0.2) is 18.2 Å². The summed E-state index contributed by atoms with van der Waals surface area (Å²) in [6, 6.07) is 7.32. The van der Waals surface area contributed by atoms with E-state index in [-0.39, 0.29) is 6.10 Å². The molecule has 1 aromatic rings. The van der Waals surface area contributed by atoms with E-state index in [1.54, 1.807) is 12.1 Å². The Morgan fingerprint density at radius 2 is 2.35 bits per heavy atom. The maximum Gasteiger partial charge on any atom is 0.101 e. The Balaban J connectivity index is 1.90. The molecule has 0 bridgehead atoms. The average Bonchev–Trinajstić information content (AvgIpc) is 2.38. The number of rotatable bonds is 3. The molecule has 90 valence electrons. The van der Waals surface area contributed by atoms with Gasteiger partial charge in [0.1, 0.15) is 6.07 Å². The fourth-order valence-corrected chi connectivity index (χ4v) is 1.66. The molecule has 0 spiro atoms. The highest BCUT2D eigenvalue weighted by Crippen LogP contribution is 2.17. The van der Waals surface area contributed by atoms with Crippen molar-refractivity contribution in [2.24, 2.45) is 0 Å². The Hall–Kier alpha value is -1.77. The van der Waals surface area contributed by atoms with Crippen LogP contribution in [0.2, 0.25) is 0 Å². The predicted octanol–water partition coefficient (Wildman–Crippen LogP) is 0.968. The van der Waals surface area contributed by atoms with E-state index in [0.29, 0.717) is 37.6 Å². The number of nitrogens with zero attached hydrogens (tertiary/aromatic N) is 1. The van der Waals surface area contributed by atoms with Gasteiger partial charge in [0.05, 0.1) is 37.2 Å². The fourth-order valence-electron chi connectivity index (χ4n) is 1.66. The molecule has 1 unspecified atom stereocenters. The molecule has 0 radical (unpaired) electrons. The van der Waals surface area contributed by atoms with Crippen LogP contribution in [0.5, 0.6) is 0 Å². The number of hydrogen-bond donors (Lipinski definition) is 2. The van der Waals surface area contributed by atoms with Gasteiger partial charge in [-0.05, 0) is 18.2 Å². The molecule has 5 heteroatoms. The quantitative estimate of drug-likeness (QED) is 0.760. The van der Waals surface area contributed by atoms with Crippen LogP contribution >= 0.6 is 0 Å². The second kappa shape index (κ2) is 5.53. The number of nitrogen functional groups attached to an aromatic ring is 1. The molecular formula is C12H15N3O2. The van der Waals surface area contributed by atoms with Gasteiger partial charge in [0.25, 0.3) is 0 Å². The number of nitrogens with one attached hydrogen (secondary N) is 1. The maximum absolute atomic E-state index is 8.76. The molecule has 1 heterocycles. The summed E-state index contributed by atoms with van der Waals surface area (Å²) in [6.45, 7) is 2.59. The maximum atomic E-state index is 8.76. The lowest BCUT2D eigenvalue weighted by molar-refractivity contribution is -0.0818. The number of anilines is 2. The molecule has 1 saturated heterocycles. The van der Waals surface area contributed by atoms with Crippen LogP contribution < -0.4 is 11.1 Å². The van der Waals surface area contributed by atoms with Gasteiger partial charge in [-0.15, -0.1) is 0 Å². The SMILES string of the molecule is N#Cc1ccc(NCC2COCCO2)cc1N. The highest BCUT2D eigenvalue weighted by Gasteiger charge is 2.13. The number of nitriles is 1. The summed E-state index contributed by atoms with van der Waals surface area (Å²) >= 11 is 0. The predicted molar refractivity (Wildman–Crippen MR) is 64.6 cm³/mol. The van der Waals surface area contributed by atoms with E-state index >= 15 is 0 Å². The van der Waals surface area contributed by atoms with Gasteiger partial charge in [-0.25, -0.2) is 0 Å². The van der Waals surface area contributed by atoms with Crippen molar-refractivity contribution in [3.63, 3.8) is 0 Å². The zero-order chi connectivity index (χ0) is 12.1. The van der Waals surface area contributed by atoms with Crippen LogP contribution in [0.4, 0.5) is 11.4 Å². The third-order valence-corrected chi connectivity index (χ3v) is 2.59. The van der Waals surface area contributed by atoms with Crippen molar-refractivity contribution in [3.05, 3.63) is 23.8 Å². The second-order valence-corrected chi connectivity index (χ2v) is 3.86. The Labute approximate surface area is 100 Å². The third kappa shape index (κ3) is 3.09. The number of hydrogen-bond acceptors (Lipinski definition) is 5. The van der Waals surface area contributed by atoms with Crippen molar-refractivity contribution in [1.29, 1.82) is 5.26 Å². The first-order valence-electron chi connectivity index (χ1n) is 5.52. The molecule has 1 fully saturated rings. The minimum absolute atomic E-state index is 0.0700. The van der Waals surface area contributed by atoms with Gasteiger partial charge in [-0.3, -0.25) is 0 Å². The monoisotopic (exact) mass is 233 g/mol. The Morgan fingerprint density at radius 3 is 3.00 bits per heavy atom. The van der Waals surface area contributed by atoms with Crippen LogP contribution in [0.3, 0.4) is 0 Å². The van der Waals surface area contributed by atoms with Gasteiger partial charge in [-0.2, -0.15) is 5.26 Å². The average molecular weight is 233 g/mol. The largest absolute Gasteiger partial charge is 0.398 e. The fraction of sp³-hybridized carbons (Fsp3) is 0.417. The molecule has 3 N–H and O–H groups in total. The Kier molecular flexibility index (Phi) is 3.81. The van der Waals surface area contributed by atoms with Gasteiger partial charge < -0.3 is 20.5 Å². The molecule has 1 aliphatic heterocycles. The molecule has 0 saturated carbocycles. The minimum atomic E-state index is 0.0700. The van der Waals surface area contributed by atoms with E-state index in [1.165, 1.54) is 0 Å². The Morgan fingerprint density at radius 1 is 1.47 bits per heavy atom. The topological polar surface area (TPSA) is 80.3 Å². The smallest absolute Gasteiger partial charge is 0.101 e. The van der Waals surface area contributed by atoms with Crippen molar-refractivity contribution in [2.45, 2.75) is 6.10 Å². The molecule has 1 aromatic carbocycles. The highest BCUT2D eigenvalue weighted by molar-refractivity contribution is 5.62. The zero-order valence-electron chi connectivity index (χ0n) is 9.48. The summed E-state index contributed by atoms with van der Waals surface area (Å²) in [5.74, 6) is 0. The van der Waals surface area contributed by atoms with Crippen molar-refractivity contribution in [2.75, 3.05) is 37.4 Å². The minimum Gasteiger partial charge on any atom is -0.398 e. The van der Waals surface area contributed by atoms with Crippen molar-refractivity contribution in [3.8, 4) is 6.07 Å². The number of nitrogens with two attached hydrogens (primary N) is 1. The van der Waals surface area contributed by atoms with E-state index in [0.717, 1.165) is 5.69 Å². The third-order valence-electron chi connectivity index (χ3n) is 2.59. The first-order chi connectivity index (χ1) is 8.29. The van der Waals surface area contributed by atoms with Crippen LogP contribution in [0, 0.1) is 11.3 Å². The van der Waals surface area contributed by atoms with Gasteiger partial charge in [-0.1, -0.05) is 0 Å². The van der Waals surface area contributed by atoms with Crippen molar-refractivity contribution >= 4 is 11.4 Å². The summed E-state index contributed by atoms with van der Waals surface area (Å²) in [6.07, 6.45) is 0.0700. The second-order valence-electron chi connectivity index (χ2n) is 3.86. The molecule has 0 aliphatic carbocycles. The molecule has 1 aliphatic rings. The zero-order valence-corrected chi connectivity index (χ0v) is 9.48. The first kappa shape index (κ1) is 11.7. The van der Waals surface area contributed by atoms with E-state index in [2.05, 4.69) is 5.32 Å². The molecule has 5 nitrogen and oxygen atoms in total. The molecule has 0 amide bonds. The lowest BCUT2D eigenvalue weighted by Gasteiger charge is -2.23. The molecule has 17 heavy (non-hydrogen) atoms. The summed E-state index contributed by atoms with van der Waals surface area (Å²) in [5.41, 5.74) is 7.58. The summed E-state index contributed by atoms with van der Waals surface area (Å²) in [5, 5.41) is 12.0. The molecule has 0 aromatic heterocycles. The van der Waals surface area contributed by atoms with Gasteiger partial charge in [0.15, 0.2) is 0 Å². The van der Waals surface area contributed by atoms with Gasteiger partial charge in [0, 0.05) is 12.2 Å². The number of ether oxygens (including phenoxy) is 2. The van der Waals surface area contributed by atoms with Gasteiger partial charge >= 0.3 is 0 Å². The van der Waals surface area contributed by atoms with Crippen LogP contribution in [0.25, 0.3) is 0 Å². The van der Waals surface area contributed by atoms with Gasteiger partial charge in [0.2, 0.25) is 0 Å². The summed E-state index contributed by atoms with van der Waals surface area (Å²) < 4.78 is 10.8. The van der Waals surface area contributed by atoms with E-state index in [1.807, 2.05) is 12.1 Å².